The van der Waals surface area contributed by atoms with Gasteiger partial charge in [-0.2, -0.15) is 0 Å². The summed E-state index contributed by atoms with van der Waals surface area (Å²) in [5.74, 6) is 0.594. The van der Waals surface area contributed by atoms with Crippen molar-refractivity contribution in [2.24, 2.45) is 23.3 Å². The standard InChI is InChI=1S/C9H18N2O/c1-6(2)8(12)9(11)5-7(9)3-4-10/h6-7H,3-5,10-11H2,1-2H3/t7-,9?/m0/s1. The van der Waals surface area contributed by atoms with E-state index >= 15 is 0 Å². The maximum atomic E-state index is 11.5. The van der Waals surface area contributed by atoms with Crippen LogP contribution in [-0.4, -0.2) is 17.9 Å². The Bertz CT molecular complexity index is 191. The number of rotatable bonds is 4. The molecule has 3 heteroatoms. The van der Waals surface area contributed by atoms with Crippen molar-refractivity contribution < 1.29 is 4.79 Å². The van der Waals surface area contributed by atoms with Crippen LogP contribution >= 0.6 is 0 Å². The largest absolute Gasteiger partial charge is 0.330 e. The van der Waals surface area contributed by atoms with Crippen LogP contribution in [0.15, 0.2) is 0 Å². The van der Waals surface area contributed by atoms with Gasteiger partial charge < -0.3 is 11.5 Å². The highest BCUT2D eigenvalue weighted by Gasteiger charge is 2.55. The molecule has 1 aliphatic rings. The summed E-state index contributed by atoms with van der Waals surface area (Å²) in [6.45, 7) is 4.43. The topological polar surface area (TPSA) is 69.1 Å². The number of carbonyl (C=O) groups is 1. The van der Waals surface area contributed by atoms with Gasteiger partial charge in [-0.05, 0) is 25.3 Å². The lowest BCUT2D eigenvalue weighted by Gasteiger charge is -2.12. The maximum Gasteiger partial charge on any atom is 0.155 e. The Balaban J connectivity index is 2.49. The number of Topliss-reactive ketones (excluding diaryl/α,β-unsaturated/α-hetero) is 1. The first-order valence-corrected chi connectivity index (χ1v) is 4.55. The summed E-state index contributed by atoms with van der Waals surface area (Å²) in [5, 5.41) is 0. The third kappa shape index (κ3) is 1.52. The Kier molecular flexibility index (Phi) is 2.54. The van der Waals surface area contributed by atoms with E-state index in [1.54, 1.807) is 0 Å². The summed E-state index contributed by atoms with van der Waals surface area (Å²) in [4.78, 5) is 11.5. The Morgan fingerprint density at radius 2 is 2.25 bits per heavy atom. The minimum absolute atomic E-state index is 0.0535. The Morgan fingerprint density at radius 1 is 1.67 bits per heavy atom. The molecule has 0 bridgehead atoms. The van der Waals surface area contributed by atoms with E-state index in [0.29, 0.717) is 12.5 Å². The molecule has 0 aromatic heterocycles. The van der Waals surface area contributed by atoms with Crippen molar-refractivity contribution in [2.75, 3.05) is 6.54 Å². The molecule has 0 spiro atoms. The first-order chi connectivity index (χ1) is 5.52. The van der Waals surface area contributed by atoms with Gasteiger partial charge in [0.1, 0.15) is 0 Å². The molecule has 1 rings (SSSR count). The molecule has 1 unspecified atom stereocenters. The van der Waals surface area contributed by atoms with Gasteiger partial charge in [0.05, 0.1) is 5.54 Å². The average molecular weight is 170 g/mol. The van der Waals surface area contributed by atoms with Gasteiger partial charge in [-0.1, -0.05) is 13.8 Å². The van der Waals surface area contributed by atoms with Crippen LogP contribution < -0.4 is 11.5 Å². The molecular weight excluding hydrogens is 152 g/mol. The van der Waals surface area contributed by atoms with Crippen molar-refractivity contribution >= 4 is 5.78 Å². The number of nitrogens with two attached hydrogens (primary N) is 2. The summed E-state index contributed by atoms with van der Waals surface area (Å²) in [7, 11) is 0. The van der Waals surface area contributed by atoms with Crippen LogP contribution in [0.25, 0.3) is 0 Å². The highest BCUT2D eigenvalue weighted by molar-refractivity contribution is 5.93. The van der Waals surface area contributed by atoms with Gasteiger partial charge in [0.2, 0.25) is 0 Å². The molecule has 2 atom stereocenters. The molecule has 3 nitrogen and oxygen atoms in total. The molecule has 0 aromatic carbocycles. The number of hydrogen-bond donors (Lipinski definition) is 2. The molecule has 70 valence electrons. The lowest BCUT2D eigenvalue weighted by atomic mass is 9.98. The molecule has 1 saturated carbocycles. The van der Waals surface area contributed by atoms with Gasteiger partial charge in [-0.25, -0.2) is 0 Å². The smallest absolute Gasteiger partial charge is 0.155 e. The predicted octanol–water partition coefficient (Wildman–Crippen LogP) is 0.278. The van der Waals surface area contributed by atoms with Crippen molar-refractivity contribution in [3.05, 3.63) is 0 Å². The van der Waals surface area contributed by atoms with E-state index in [-0.39, 0.29) is 11.7 Å². The van der Waals surface area contributed by atoms with Crippen LogP contribution in [0.1, 0.15) is 26.7 Å². The summed E-state index contributed by atoms with van der Waals surface area (Å²) >= 11 is 0. The quantitative estimate of drug-likeness (QED) is 0.636. The molecule has 12 heavy (non-hydrogen) atoms. The third-order valence-corrected chi connectivity index (χ3v) is 2.65. The highest BCUT2D eigenvalue weighted by Crippen LogP contribution is 2.45. The monoisotopic (exact) mass is 170 g/mol. The van der Waals surface area contributed by atoms with Crippen LogP contribution in [0.2, 0.25) is 0 Å². The van der Waals surface area contributed by atoms with Crippen molar-refractivity contribution in [3.8, 4) is 0 Å². The highest BCUT2D eigenvalue weighted by atomic mass is 16.1. The van der Waals surface area contributed by atoms with Gasteiger partial charge in [-0.3, -0.25) is 4.79 Å². The van der Waals surface area contributed by atoms with Crippen LogP contribution in [0, 0.1) is 11.8 Å². The van der Waals surface area contributed by atoms with Crippen molar-refractivity contribution in [1.29, 1.82) is 0 Å². The molecule has 0 aromatic rings. The van der Waals surface area contributed by atoms with E-state index < -0.39 is 5.54 Å². The van der Waals surface area contributed by atoms with Crippen LogP contribution in [0.3, 0.4) is 0 Å². The normalized spacial score (nSPS) is 33.9. The van der Waals surface area contributed by atoms with E-state index in [4.69, 9.17) is 11.5 Å². The average Bonchev–Trinajstić information content (AvgIpc) is 2.63. The summed E-state index contributed by atoms with van der Waals surface area (Å²) in [6.07, 6.45) is 1.72. The SMILES string of the molecule is CC(C)C(=O)C1(N)C[C@@H]1CCN. The fraction of sp³-hybridized carbons (Fsp3) is 0.889. The molecule has 0 aliphatic heterocycles. The molecule has 1 aliphatic carbocycles. The molecule has 4 N–H and O–H groups in total. The van der Waals surface area contributed by atoms with Crippen LogP contribution in [-0.2, 0) is 4.79 Å². The molecule has 0 radical (unpaired) electrons. The molecular formula is C9H18N2O. The van der Waals surface area contributed by atoms with Gasteiger partial charge in [0, 0.05) is 5.92 Å². The van der Waals surface area contributed by atoms with E-state index in [9.17, 15) is 4.79 Å². The van der Waals surface area contributed by atoms with Gasteiger partial charge in [-0.15, -0.1) is 0 Å². The molecule has 0 heterocycles. The second-order valence-electron chi connectivity index (χ2n) is 4.04. The fourth-order valence-electron chi connectivity index (χ4n) is 1.75. The minimum atomic E-state index is -0.520. The third-order valence-electron chi connectivity index (χ3n) is 2.65. The van der Waals surface area contributed by atoms with Crippen molar-refractivity contribution in [3.63, 3.8) is 0 Å². The summed E-state index contributed by atoms with van der Waals surface area (Å²) < 4.78 is 0. The lowest BCUT2D eigenvalue weighted by molar-refractivity contribution is -0.124. The Hall–Kier alpha value is -0.410. The number of carbonyl (C=O) groups excluding carboxylic acids is 1. The Morgan fingerprint density at radius 3 is 2.67 bits per heavy atom. The second kappa shape index (κ2) is 3.15. The van der Waals surface area contributed by atoms with Crippen molar-refractivity contribution in [1.82, 2.24) is 0 Å². The summed E-state index contributed by atoms with van der Waals surface area (Å²) in [5.41, 5.74) is 10.8. The molecule has 1 fully saturated rings. The van der Waals surface area contributed by atoms with E-state index in [0.717, 1.165) is 12.8 Å². The van der Waals surface area contributed by atoms with Gasteiger partial charge >= 0.3 is 0 Å². The van der Waals surface area contributed by atoms with Crippen LogP contribution in [0.5, 0.6) is 0 Å². The zero-order valence-corrected chi connectivity index (χ0v) is 7.84. The fourth-order valence-corrected chi connectivity index (χ4v) is 1.75. The van der Waals surface area contributed by atoms with Gasteiger partial charge in [0.25, 0.3) is 0 Å². The maximum absolute atomic E-state index is 11.5. The first-order valence-electron chi connectivity index (χ1n) is 4.55. The van der Waals surface area contributed by atoms with Crippen LogP contribution in [0.4, 0.5) is 0 Å². The molecule has 0 saturated heterocycles. The Labute approximate surface area is 73.5 Å². The van der Waals surface area contributed by atoms with Crippen molar-refractivity contribution in [2.45, 2.75) is 32.2 Å². The van der Waals surface area contributed by atoms with E-state index in [2.05, 4.69) is 0 Å². The van der Waals surface area contributed by atoms with E-state index in [1.807, 2.05) is 13.8 Å². The first kappa shape index (κ1) is 9.68. The lowest BCUT2D eigenvalue weighted by Crippen LogP contribution is -2.38. The predicted molar refractivity (Wildman–Crippen MR) is 48.5 cm³/mol. The second-order valence-corrected chi connectivity index (χ2v) is 4.04. The number of hydrogen-bond acceptors (Lipinski definition) is 3. The molecule has 0 amide bonds. The zero-order chi connectivity index (χ0) is 9.35. The van der Waals surface area contributed by atoms with Gasteiger partial charge in [0.15, 0.2) is 5.78 Å². The minimum Gasteiger partial charge on any atom is -0.330 e. The summed E-state index contributed by atoms with van der Waals surface area (Å²) in [6, 6.07) is 0. The number of ketones is 1. The van der Waals surface area contributed by atoms with E-state index in [1.165, 1.54) is 0 Å². The zero-order valence-electron chi connectivity index (χ0n) is 7.84.